The Morgan fingerprint density at radius 1 is 1.37 bits per heavy atom. The van der Waals surface area contributed by atoms with Gasteiger partial charge in [-0.2, -0.15) is 0 Å². The van der Waals surface area contributed by atoms with E-state index in [2.05, 4.69) is 20.4 Å². The number of carbonyl (C=O) groups is 4. The van der Waals surface area contributed by atoms with Crippen LogP contribution in [0.1, 0.15) is 12.6 Å². The normalized spacial score (nSPS) is 19.5. The number of amides is 2. The van der Waals surface area contributed by atoms with Crippen molar-refractivity contribution >= 4 is 91.0 Å². The number of nitrogens with zero attached hydrogens (tertiary/aromatic N) is 5. The number of thioether (sulfide) groups is 2. The number of thiazole rings is 2. The van der Waals surface area contributed by atoms with Crippen LogP contribution >= 0.6 is 46.2 Å². The smallest absolute Gasteiger partial charge is 0.352 e. The van der Waals surface area contributed by atoms with Crippen molar-refractivity contribution in [3.05, 3.63) is 40.8 Å². The highest BCUT2D eigenvalue weighted by atomic mass is 32.2. The molecule has 0 saturated carbocycles. The number of nitrogen functional groups attached to an aromatic ring is 1. The van der Waals surface area contributed by atoms with Crippen molar-refractivity contribution in [2.45, 2.75) is 28.8 Å². The number of aromatic nitrogens is 3. The number of anilines is 1. The van der Waals surface area contributed by atoms with Gasteiger partial charge in [0.25, 0.3) is 11.8 Å². The Morgan fingerprint density at radius 3 is 2.83 bits per heavy atom. The Balaban J connectivity index is 1.31. The summed E-state index contributed by atoms with van der Waals surface area (Å²) in [7, 11) is 1.92. The lowest BCUT2D eigenvalue weighted by atomic mass is 10.0. The lowest BCUT2D eigenvalue weighted by Gasteiger charge is -2.49. The van der Waals surface area contributed by atoms with Gasteiger partial charge in [0.05, 0.1) is 5.52 Å². The van der Waals surface area contributed by atoms with E-state index < -0.39 is 41.3 Å². The molecule has 5 rings (SSSR count). The van der Waals surface area contributed by atoms with E-state index in [0.717, 1.165) is 25.9 Å². The minimum atomic E-state index is -1.35. The first-order valence-electron chi connectivity index (χ1n) is 11.8. The van der Waals surface area contributed by atoms with Crippen LogP contribution in [0.15, 0.2) is 44.6 Å². The molecule has 41 heavy (non-hydrogen) atoms. The third kappa shape index (κ3) is 5.85. The molecule has 1 fully saturated rings. The second-order valence-electron chi connectivity index (χ2n) is 8.84. The summed E-state index contributed by atoms with van der Waals surface area (Å²) >= 11 is 5.26. The van der Waals surface area contributed by atoms with Gasteiger partial charge in [-0.25, -0.2) is 24.1 Å². The quantitative estimate of drug-likeness (QED) is 0.0806. The molecule has 2 aliphatic heterocycles. The van der Waals surface area contributed by atoms with Crippen molar-refractivity contribution in [2.24, 2.45) is 12.2 Å². The number of aliphatic carboxylic acids is 2. The lowest BCUT2D eigenvalue weighted by molar-refractivity contribution is -0.670. The van der Waals surface area contributed by atoms with Gasteiger partial charge in [0.2, 0.25) is 6.10 Å². The third-order valence-electron chi connectivity index (χ3n) is 5.99. The number of oxime groups is 1. The number of nitrogens with two attached hydrogens (primary N) is 1. The van der Waals surface area contributed by atoms with E-state index in [9.17, 15) is 24.3 Å². The molecule has 0 bridgehead atoms. The molecule has 0 spiro atoms. The number of rotatable bonds is 10. The number of pyridine rings is 1. The van der Waals surface area contributed by atoms with Crippen LogP contribution in [0.25, 0.3) is 10.2 Å². The maximum atomic E-state index is 13.1. The molecule has 5 N–H and O–H groups in total. The fourth-order valence-corrected chi connectivity index (χ4v) is 8.12. The first-order valence-corrected chi connectivity index (χ1v) is 15.5. The monoisotopic (exact) mass is 636 g/mol. The van der Waals surface area contributed by atoms with Crippen molar-refractivity contribution in [1.29, 1.82) is 0 Å². The van der Waals surface area contributed by atoms with Gasteiger partial charge in [-0.05, 0) is 12.5 Å². The van der Waals surface area contributed by atoms with E-state index in [1.807, 2.05) is 30.1 Å². The minimum Gasteiger partial charge on any atom is -0.478 e. The zero-order valence-electron chi connectivity index (χ0n) is 21.3. The maximum Gasteiger partial charge on any atom is 0.352 e. The van der Waals surface area contributed by atoms with Gasteiger partial charge in [-0.15, -0.1) is 34.4 Å². The van der Waals surface area contributed by atoms with E-state index in [1.165, 1.54) is 52.1 Å². The van der Waals surface area contributed by atoms with Crippen molar-refractivity contribution in [3.63, 3.8) is 0 Å². The molecule has 2 amide bonds. The first-order chi connectivity index (χ1) is 19.5. The SMILES string of the molecule is C[C@H](ON=C(C(=O)NC1C(=O)N2C(C(=O)O)=C(CSc3nc4cc[n+](C)cc4s3)CS[C@@H]12)c1csc(N)n1)C(=O)O. The van der Waals surface area contributed by atoms with Crippen LogP contribution in [0.4, 0.5) is 5.13 Å². The highest BCUT2D eigenvalue weighted by Crippen LogP contribution is 2.42. The van der Waals surface area contributed by atoms with Gasteiger partial charge >= 0.3 is 11.9 Å². The third-order valence-corrected chi connectivity index (χ3v) is 10.2. The number of fused-ring (bicyclic) bond motifs is 2. The van der Waals surface area contributed by atoms with Gasteiger partial charge in [0.1, 0.15) is 34.6 Å². The molecule has 2 aliphatic rings. The van der Waals surface area contributed by atoms with Crippen LogP contribution in [-0.2, 0) is 31.1 Å². The van der Waals surface area contributed by atoms with Crippen molar-refractivity contribution in [3.8, 4) is 0 Å². The first kappa shape index (κ1) is 28.8. The predicted molar refractivity (Wildman–Crippen MR) is 152 cm³/mol. The van der Waals surface area contributed by atoms with E-state index in [4.69, 9.17) is 15.7 Å². The van der Waals surface area contributed by atoms with Gasteiger partial charge in [-0.1, -0.05) is 16.9 Å². The number of hydrogen-bond acceptors (Lipinski definition) is 13. The summed E-state index contributed by atoms with van der Waals surface area (Å²) in [4.78, 5) is 64.3. The molecule has 18 heteroatoms. The van der Waals surface area contributed by atoms with Crippen LogP contribution in [0.2, 0.25) is 0 Å². The van der Waals surface area contributed by atoms with Crippen LogP contribution in [0, 0.1) is 0 Å². The Hall–Kier alpha value is -3.74. The highest BCUT2D eigenvalue weighted by molar-refractivity contribution is 8.02. The van der Waals surface area contributed by atoms with Crippen LogP contribution < -0.4 is 15.6 Å². The van der Waals surface area contributed by atoms with Gasteiger partial charge in [0.15, 0.2) is 27.6 Å². The van der Waals surface area contributed by atoms with E-state index in [1.54, 1.807) is 0 Å². The van der Waals surface area contributed by atoms with Crippen molar-refractivity contribution < 1.29 is 38.8 Å². The Bertz CT molecular complexity index is 1630. The zero-order valence-corrected chi connectivity index (χ0v) is 24.6. The van der Waals surface area contributed by atoms with Gasteiger partial charge < -0.3 is 26.1 Å². The summed E-state index contributed by atoms with van der Waals surface area (Å²) in [5.41, 5.74) is 6.65. The summed E-state index contributed by atoms with van der Waals surface area (Å²) in [5.74, 6) is -3.32. The average Bonchev–Trinajstić information content (AvgIpc) is 3.54. The number of nitrogens with one attached hydrogen (secondary N) is 1. The summed E-state index contributed by atoms with van der Waals surface area (Å²) in [6.07, 6.45) is 2.51. The average molecular weight is 637 g/mol. The fraction of sp³-hybridized carbons (Fsp3) is 0.304. The summed E-state index contributed by atoms with van der Waals surface area (Å²) in [6.45, 7) is 1.23. The molecule has 3 aromatic rings. The molecule has 214 valence electrons. The molecule has 1 unspecified atom stereocenters. The molecule has 0 radical (unpaired) electrons. The van der Waals surface area contributed by atoms with Gasteiger partial charge in [-0.3, -0.25) is 14.5 Å². The largest absolute Gasteiger partial charge is 0.478 e. The van der Waals surface area contributed by atoms with Crippen LogP contribution in [0.5, 0.6) is 0 Å². The molecule has 0 aliphatic carbocycles. The van der Waals surface area contributed by atoms with E-state index in [0.29, 0.717) is 17.1 Å². The number of aryl methyl sites for hydroxylation is 1. The molecular weight excluding hydrogens is 615 g/mol. The molecule has 5 heterocycles. The number of carbonyl (C=O) groups excluding carboxylic acids is 2. The van der Waals surface area contributed by atoms with Crippen molar-refractivity contribution in [1.82, 2.24) is 20.2 Å². The molecular formula is C23H22N7O7S4+. The number of carboxylic acid groups (broad SMARTS) is 2. The van der Waals surface area contributed by atoms with Gasteiger partial charge in [0, 0.05) is 23.0 Å². The Morgan fingerprint density at radius 2 is 2.15 bits per heavy atom. The molecule has 3 atom stereocenters. The van der Waals surface area contributed by atoms with Crippen LogP contribution in [0.3, 0.4) is 0 Å². The van der Waals surface area contributed by atoms with Crippen molar-refractivity contribution in [2.75, 3.05) is 17.2 Å². The molecule has 1 saturated heterocycles. The highest BCUT2D eigenvalue weighted by Gasteiger charge is 2.54. The fourth-order valence-electron chi connectivity index (χ4n) is 3.94. The van der Waals surface area contributed by atoms with E-state index in [-0.39, 0.29) is 22.2 Å². The standard InChI is InChI=1S/C23H21N7O7S4/c1-9(20(33)34)37-28-14(12-8-39-22(24)25-12)17(31)27-15-18(32)30-16(21(35)36)10(6-38-19(15)30)7-40-23-26-11-3-4-29(2)5-13(11)41-23/h3-5,8-9,15,19H,6-7H2,1-2H3,(H4-,24,25,27,31,33,34,35,36)/p+1/t9-,15?,19-/m0/s1. The number of carboxylic acids is 2. The summed E-state index contributed by atoms with van der Waals surface area (Å²) in [5, 5.41) is 26.2. The maximum absolute atomic E-state index is 13.1. The zero-order chi connectivity index (χ0) is 29.4. The summed E-state index contributed by atoms with van der Waals surface area (Å²) < 4.78 is 3.71. The second-order valence-corrected chi connectivity index (χ2v) is 13.1. The van der Waals surface area contributed by atoms with E-state index >= 15 is 0 Å². The predicted octanol–water partition coefficient (Wildman–Crippen LogP) is 0.884. The van der Waals surface area contributed by atoms with Crippen LogP contribution in [-0.4, -0.2) is 83.6 Å². The summed E-state index contributed by atoms with van der Waals surface area (Å²) in [6, 6.07) is 0.865. The Labute approximate surface area is 248 Å². The Kier molecular flexibility index (Phi) is 8.16. The topological polar surface area (TPSA) is 201 Å². The molecule has 0 aromatic carbocycles. The minimum absolute atomic E-state index is 0.0385. The molecule has 14 nitrogen and oxygen atoms in total. The number of hydrogen-bond donors (Lipinski definition) is 4. The number of β-lactam (4-membered cyclic amide) rings is 1. The second kappa shape index (κ2) is 11.6. The molecule has 3 aromatic heterocycles. The lowest BCUT2D eigenvalue weighted by Crippen LogP contribution is -2.71.